The summed E-state index contributed by atoms with van der Waals surface area (Å²) < 4.78 is 54.4. The van der Waals surface area contributed by atoms with E-state index in [-0.39, 0.29) is 24.2 Å². The maximum absolute atomic E-state index is 15.4. The Morgan fingerprint density at radius 2 is 1.82 bits per heavy atom. The van der Waals surface area contributed by atoms with Crippen LogP contribution in [0.4, 0.5) is 13.2 Å². The number of ether oxygens (including phenoxy) is 1. The predicted molar refractivity (Wildman–Crippen MR) is 138 cm³/mol. The number of aryl methyl sites for hydroxylation is 1. The molecule has 206 valence electrons. The molecule has 6 rings (SSSR count). The molecule has 1 atom stereocenters. The number of imidazole rings is 1. The highest BCUT2D eigenvalue weighted by Gasteiger charge is 2.19. The van der Waals surface area contributed by atoms with Gasteiger partial charge in [-0.05, 0) is 24.3 Å². The summed E-state index contributed by atoms with van der Waals surface area (Å²) in [7, 11) is 1.62. The maximum atomic E-state index is 15.4. The summed E-state index contributed by atoms with van der Waals surface area (Å²) in [6.07, 6.45) is 0.858. The van der Waals surface area contributed by atoms with Crippen molar-refractivity contribution in [3.63, 3.8) is 0 Å². The molecule has 0 aliphatic carbocycles. The summed E-state index contributed by atoms with van der Waals surface area (Å²) in [6, 6.07) is 9.84. The number of halogens is 3. The monoisotopic (exact) mass is 551 g/mol. The number of morpholine rings is 1. The number of fused-ring (bicyclic) bond motifs is 1. The van der Waals surface area contributed by atoms with Gasteiger partial charge in [0.15, 0.2) is 0 Å². The van der Waals surface area contributed by atoms with Crippen molar-refractivity contribution in [1.29, 1.82) is 0 Å². The van der Waals surface area contributed by atoms with Gasteiger partial charge in [0.25, 0.3) is 5.89 Å². The normalized spacial score (nSPS) is 15.8. The highest BCUT2D eigenvalue weighted by atomic mass is 19.3. The molecule has 0 bridgehead atoms. The molecule has 40 heavy (non-hydrogen) atoms. The second kappa shape index (κ2) is 10.7. The third kappa shape index (κ3) is 5.00. The number of aromatic nitrogens is 6. The average molecular weight is 552 g/mol. The van der Waals surface area contributed by atoms with Crippen molar-refractivity contribution in [2.45, 2.75) is 25.5 Å². The fraction of sp³-hybridized carbons (Fsp3) is 0.296. The van der Waals surface area contributed by atoms with E-state index in [0.717, 1.165) is 18.8 Å². The van der Waals surface area contributed by atoms with Crippen LogP contribution in [0.1, 0.15) is 23.7 Å². The third-order valence-electron chi connectivity index (χ3n) is 6.83. The summed E-state index contributed by atoms with van der Waals surface area (Å²) in [5.74, 6) is -1.36. The molecular weight excluding hydrogens is 527 g/mol. The molecule has 0 radical (unpaired) electrons. The average Bonchev–Trinajstić information content (AvgIpc) is 3.55. The van der Waals surface area contributed by atoms with Gasteiger partial charge in [0.1, 0.15) is 5.82 Å². The summed E-state index contributed by atoms with van der Waals surface area (Å²) in [4.78, 5) is 21.9. The molecule has 1 aliphatic rings. The van der Waals surface area contributed by atoms with Gasteiger partial charge < -0.3 is 14.5 Å². The van der Waals surface area contributed by atoms with Crippen LogP contribution in [-0.4, -0.2) is 55.1 Å². The molecule has 1 N–H and O–H groups in total. The Balaban J connectivity index is 1.25. The van der Waals surface area contributed by atoms with E-state index in [2.05, 4.69) is 25.5 Å². The SMILES string of the molecule is Cn1c(=O)n(Cc2ccc(-c3nnc(C(F)F)o3)cn2)c2cc(F)c(-c3ccc(CC4CNCCO4)nc3)cc21. The van der Waals surface area contributed by atoms with E-state index in [1.807, 2.05) is 12.1 Å². The van der Waals surface area contributed by atoms with Crippen LogP contribution in [0.5, 0.6) is 0 Å². The first-order chi connectivity index (χ1) is 19.4. The number of benzene rings is 1. The van der Waals surface area contributed by atoms with E-state index < -0.39 is 18.1 Å². The molecule has 4 aromatic heterocycles. The zero-order chi connectivity index (χ0) is 27.8. The lowest BCUT2D eigenvalue weighted by molar-refractivity contribution is 0.0287. The molecule has 1 aliphatic heterocycles. The summed E-state index contributed by atoms with van der Waals surface area (Å²) in [6.45, 7) is 2.33. The Morgan fingerprint density at radius 3 is 2.50 bits per heavy atom. The van der Waals surface area contributed by atoms with E-state index in [4.69, 9.17) is 9.15 Å². The van der Waals surface area contributed by atoms with E-state index in [0.29, 0.717) is 46.4 Å². The second-order valence-electron chi connectivity index (χ2n) is 9.47. The van der Waals surface area contributed by atoms with Gasteiger partial charge in [-0.15, -0.1) is 10.2 Å². The van der Waals surface area contributed by atoms with E-state index in [1.165, 1.54) is 21.4 Å². The van der Waals surface area contributed by atoms with Crippen LogP contribution in [0.25, 0.3) is 33.6 Å². The molecule has 0 saturated carbocycles. The molecule has 1 saturated heterocycles. The Morgan fingerprint density at radius 1 is 1.05 bits per heavy atom. The summed E-state index contributed by atoms with van der Waals surface area (Å²) in [5.41, 5.74) is 3.24. The number of nitrogens with one attached hydrogen (secondary N) is 1. The molecule has 0 spiro atoms. The van der Waals surface area contributed by atoms with E-state index >= 15 is 4.39 Å². The van der Waals surface area contributed by atoms with Gasteiger partial charge in [0, 0.05) is 61.8 Å². The van der Waals surface area contributed by atoms with Gasteiger partial charge in [0.05, 0.1) is 41.5 Å². The number of pyridine rings is 2. The zero-order valence-corrected chi connectivity index (χ0v) is 21.4. The third-order valence-corrected chi connectivity index (χ3v) is 6.83. The lowest BCUT2D eigenvalue weighted by atomic mass is 10.0. The van der Waals surface area contributed by atoms with Gasteiger partial charge in [-0.1, -0.05) is 6.07 Å². The quantitative estimate of drug-likeness (QED) is 0.327. The first kappa shape index (κ1) is 25.9. The Kier molecular flexibility index (Phi) is 6.90. The largest absolute Gasteiger partial charge is 0.415 e. The minimum Gasteiger partial charge on any atom is -0.415 e. The fourth-order valence-electron chi connectivity index (χ4n) is 4.73. The molecule has 0 amide bonds. The van der Waals surface area contributed by atoms with Crippen LogP contribution >= 0.6 is 0 Å². The van der Waals surface area contributed by atoms with Gasteiger partial charge >= 0.3 is 12.1 Å². The van der Waals surface area contributed by atoms with Crippen LogP contribution in [-0.2, 0) is 24.8 Å². The number of hydrogen-bond acceptors (Lipinski definition) is 8. The van der Waals surface area contributed by atoms with Gasteiger partial charge in [-0.2, -0.15) is 8.78 Å². The minimum absolute atomic E-state index is 0.0531. The minimum atomic E-state index is -2.87. The smallest absolute Gasteiger partial charge is 0.329 e. The highest BCUT2D eigenvalue weighted by Crippen LogP contribution is 2.28. The molecule has 5 aromatic rings. The van der Waals surface area contributed by atoms with Gasteiger partial charge in [-0.25, -0.2) is 9.18 Å². The first-order valence-electron chi connectivity index (χ1n) is 12.6. The Labute approximate surface area is 225 Å². The lowest BCUT2D eigenvalue weighted by Gasteiger charge is -2.23. The Bertz CT molecular complexity index is 1710. The summed E-state index contributed by atoms with van der Waals surface area (Å²) >= 11 is 0. The highest BCUT2D eigenvalue weighted by molar-refractivity contribution is 5.83. The molecule has 1 unspecified atom stereocenters. The predicted octanol–water partition coefficient (Wildman–Crippen LogP) is 3.50. The van der Waals surface area contributed by atoms with Crippen LogP contribution < -0.4 is 11.0 Å². The molecule has 10 nitrogen and oxygen atoms in total. The van der Waals surface area contributed by atoms with Crippen molar-refractivity contribution < 1.29 is 22.3 Å². The van der Waals surface area contributed by atoms with Crippen LogP contribution in [0.3, 0.4) is 0 Å². The standard InChI is InChI=1S/C27H24F3N7O3/c1-36-22-9-20(15-2-4-17(32-11-15)8-19-13-31-6-7-39-19)21(28)10-23(22)37(27(36)38)14-18-5-3-16(12-33-18)25-34-35-26(40-25)24(29)30/h2-5,9-12,19,24,31H,6-8,13-14H2,1H3. The fourth-order valence-corrected chi connectivity index (χ4v) is 4.73. The Hall–Kier alpha value is -4.36. The van der Waals surface area contributed by atoms with E-state index in [1.54, 1.807) is 31.4 Å². The van der Waals surface area contributed by atoms with Crippen molar-refractivity contribution in [1.82, 2.24) is 34.6 Å². The van der Waals surface area contributed by atoms with Crippen molar-refractivity contribution in [2.24, 2.45) is 7.05 Å². The first-order valence-corrected chi connectivity index (χ1v) is 12.6. The van der Waals surface area contributed by atoms with Gasteiger partial charge in [-0.3, -0.25) is 19.1 Å². The summed E-state index contributed by atoms with van der Waals surface area (Å²) in [5, 5.41) is 10.2. The van der Waals surface area contributed by atoms with Gasteiger partial charge in [0.2, 0.25) is 5.89 Å². The zero-order valence-electron chi connectivity index (χ0n) is 21.4. The maximum Gasteiger partial charge on any atom is 0.329 e. The lowest BCUT2D eigenvalue weighted by Crippen LogP contribution is -2.39. The molecule has 5 heterocycles. The van der Waals surface area contributed by atoms with E-state index in [9.17, 15) is 13.6 Å². The molecular formula is C27H24F3N7O3. The topological polar surface area (TPSA) is 113 Å². The van der Waals surface area contributed by atoms with Crippen molar-refractivity contribution in [3.05, 3.63) is 82.4 Å². The molecule has 13 heteroatoms. The number of rotatable bonds is 7. The second-order valence-corrected chi connectivity index (χ2v) is 9.47. The number of alkyl halides is 2. The van der Waals surface area contributed by atoms with Crippen molar-refractivity contribution in [3.8, 4) is 22.6 Å². The van der Waals surface area contributed by atoms with Crippen molar-refractivity contribution in [2.75, 3.05) is 19.7 Å². The molecule has 1 fully saturated rings. The van der Waals surface area contributed by atoms with Crippen LogP contribution in [0.15, 0.2) is 58.0 Å². The number of hydrogen-bond donors (Lipinski definition) is 1. The number of nitrogens with zero attached hydrogens (tertiary/aromatic N) is 6. The van der Waals surface area contributed by atoms with Crippen LogP contribution in [0, 0.1) is 5.82 Å². The molecule has 1 aromatic carbocycles. The van der Waals surface area contributed by atoms with Crippen molar-refractivity contribution >= 4 is 11.0 Å². The van der Waals surface area contributed by atoms with Crippen LogP contribution in [0.2, 0.25) is 0 Å².